The van der Waals surface area contributed by atoms with Gasteiger partial charge in [-0.25, -0.2) is 4.98 Å². The summed E-state index contributed by atoms with van der Waals surface area (Å²) < 4.78 is 1.03. The molecule has 3 rings (SSSR count). The van der Waals surface area contributed by atoms with Crippen molar-refractivity contribution in [1.29, 1.82) is 0 Å². The molecule has 3 aromatic rings. The highest BCUT2D eigenvalue weighted by Crippen LogP contribution is 2.28. The number of aromatic nitrogens is 1. The van der Waals surface area contributed by atoms with Crippen molar-refractivity contribution in [3.63, 3.8) is 0 Å². The predicted octanol–water partition coefficient (Wildman–Crippen LogP) is 3.87. The minimum Gasteiger partial charge on any atom is -0.507 e. The summed E-state index contributed by atoms with van der Waals surface area (Å²) in [7, 11) is 0. The fourth-order valence-corrected chi connectivity index (χ4v) is 3.05. The Morgan fingerprint density at radius 2 is 2.05 bits per heavy atom. The van der Waals surface area contributed by atoms with E-state index < -0.39 is 0 Å². The van der Waals surface area contributed by atoms with Gasteiger partial charge in [-0.3, -0.25) is 10.1 Å². The minimum atomic E-state index is -0.355. The molecule has 2 aromatic carbocycles. The molecule has 0 atom stereocenters. The molecule has 0 aliphatic carbocycles. The monoisotopic (exact) mass is 298 g/mol. The molecule has 2 N–H and O–H groups in total. The molecule has 1 amide bonds. The quantitative estimate of drug-likeness (QED) is 0.755. The summed E-state index contributed by atoms with van der Waals surface area (Å²) in [5, 5.41) is 13.2. The van der Waals surface area contributed by atoms with Gasteiger partial charge in [-0.1, -0.05) is 29.5 Å². The number of benzene rings is 2. The Morgan fingerprint density at radius 3 is 2.86 bits per heavy atom. The number of hydrogen-bond acceptors (Lipinski definition) is 4. The molecule has 0 fully saturated rings. The molecule has 21 heavy (non-hydrogen) atoms. The molecule has 0 radical (unpaired) electrons. The van der Waals surface area contributed by atoms with Gasteiger partial charge in [-0.05, 0) is 43.2 Å². The number of thiazole rings is 1. The number of aromatic hydroxyl groups is 1. The first-order valence-electron chi connectivity index (χ1n) is 6.52. The largest absolute Gasteiger partial charge is 0.507 e. The number of para-hydroxylation sites is 1. The Balaban J connectivity index is 1.91. The number of rotatable bonds is 2. The number of hydrogen-bond donors (Lipinski definition) is 2. The van der Waals surface area contributed by atoms with E-state index in [1.165, 1.54) is 11.3 Å². The highest BCUT2D eigenvalue weighted by atomic mass is 32.1. The Morgan fingerprint density at radius 1 is 1.24 bits per heavy atom. The highest BCUT2D eigenvalue weighted by Gasteiger charge is 2.14. The van der Waals surface area contributed by atoms with E-state index in [1.54, 1.807) is 25.1 Å². The molecule has 0 aliphatic heterocycles. The fraction of sp³-hybridized carbons (Fsp3) is 0.125. The first-order valence-corrected chi connectivity index (χ1v) is 7.33. The van der Waals surface area contributed by atoms with Crippen LogP contribution in [0.3, 0.4) is 0 Å². The predicted molar refractivity (Wildman–Crippen MR) is 85.2 cm³/mol. The van der Waals surface area contributed by atoms with Crippen molar-refractivity contribution in [3.05, 3.63) is 53.1 Å². The second-order valence-corrected chi connectivity index (χ2v) is 5.95. The number of nitrogens with one attached hydrogen (secondary N) is 1. The van der Waals surface area contributed by atoms with Crippen LogP contribution in [0.5, 0.6) is 5.75 Å². The van der Waals surface area contributed by atoms with Crippen LogP contribution in [0, 0.1) is 13.8 Å². The molecule has 0 aliphatic rings. The second kappa shape index (κ2) is 5.18. The Labute approximate surface area is 126 Å². The zero-order valence-corrected chi connectivity index (χ0v) is 12.5. The zero-order valence-electron chi connectivity index (χ0n) is 11.7. The van der Waals surface area contributed by atoms with Gasteiger partial charge in [0.1, 0.15) is 5.75 Å². The lowest BCUT2D eigenvalue weighted by Gasteiger charge is -2.05. The minimum absolute atomic E-state index is 0.00644. The lowest BCUT2D eigenvalue weighted by molar-refractivity contribution is 0.102. The van der Waals surface area contributed by atoms with Crippen molar-refractivity contribution in [2.75, 3.05) is 5.32 Å². The van der Waals surface area contributed by atoms with E-state index in [4.69, 9.17) is 0 Å². The molecule has 4 nitrogen and oxygen atoms in total. The molecule has 1 aromatic heterocycles. The molecule has 0 unspecified atom stereocenters. The molecule has 0 spiro atoms. The van der Waals surface area contributed by atoms with Gasteiger partial charge in [-0.15, -0.1) is 0 Å². The van der Waals surface area contributed by atoms with Crippen molar-refractivity contribution in [2.45, 2.75) is 13.8 Å². The Kier molecular flexibility index (Phi) is 3.35. The fourth-order valence-electron chi connectivity index (χ4n) is 2.09. The van der Waals surface area contributed by atoms with Crippen molar-refractivity contribution in [1.82, 2.24) is 4.98 Å². The topological polar surface area (TPSA) is 62.2 Å². The number of phenols is 1. The van der Waals surface area contributed by atoms with Crippen LogP contribution in [0.2, 0.25) is 0 Å². The zero-order chi connectivity index (χ0) is 15.0. The average Bonchev–Trinajstić information content (AvgIpc) is 2.83. The van der Waals surface area contributed by atoms with Crippen molar-refractivity contribution >= 4 is 32.6 Å². The van der Waals surface area contributed by atoms with Gasteiger partial charge >= 0.3 is 0 Å². The summed E-state index contributed by atoms with van der Waals surface area (Å²) in [6.07, 6.45) is 0. The van der Waals surface area contributed by atoms with E-state index >= 15 is 0 Å². The van der Waals surface area contributed by atoms with Gasteiger partial charge in [0.25, 0.3) is 5.91 Å². The maximum absolute atomic E-state index is 12.2. The third-order valence-electron chi connectivity index (χ3n) is 3.25. The number of carbonyl (C=O) groups excluding carboxylic acids is 1. The van der Waals surface area contributed by atoms with Gasteiger partial charge in [-0.2, -0.15) is 0 Å². The molecular formula is C16H14N2O2S. The lowest BCUT2D eigenvalue weighted by Crippen LogP contribution is -2.12. The van der Waals surface area contributed by atoms with E-state index in [9.17, 15) is 9.90 Å². The number of phenolic OH excluding ortho intramolecular Hbond substituents is 1. The van der Waals surface area contributed by atoms with Crippen LogP contribution < -0.4 is 5.32 Å². The molecular weight excluding hydrogens is 284 g/mol. The van der Waals surface area contributed by atoms with Crippen molar-refractivity contribution in [3.8, 4) is 5.75 Å². The average molecular weight is 298 g/mol. The summed E-state index contributed by atoms with van der Waals surface area (Å²) in [5.74, 6) is -0.348. The first kappa shape index (κ1) is 13.6. The first-order chi connectivity index (χ1) is 10.0. The van der Waals surface area contributed by atoms with Gasteiger partial charge in [0.2, 0.25) is 0 Å². The standard InChI is InChI=1S/C16H14N2O2S/c1-9-6-7-12-13(8-9)21-16(17-12)18-15(20)11-5-3-4-10(2)14(11)19/h3-8,19H,1-2H3,(H,17,18,20). The molecule has 1 heterocycles. The number of fused-ring (bicyclic) bond motifs is 1. The number of carbonyl (C=O) groups is 1. The van der Waals surface area contributed by atoms with Crippen LogP contribution in [-0.4, -0.2) is 16.0 Å². The smallest absolute Gasteiger partial charge is 0.261 e. The van der Waals surface area contributed by atoms with Crippen LogP contribution >= 0.6 is 11.3 Å². The molecule has 0 saturated carbocycles. The summed E-state index contributed by atoms with van der Waals surface area (Å²) in [5.41, 5.74) is 2.93. The Hall–Kier alpha value is -2.40. The lowest BCUT2D eigenvalue weighted by atomic mass is 10.1. The maximum atomic E-state index is 12.2. The molecule has 0 bridgehead atoms. The van der Waals surface area contributed by atoms with Gasteiger partial charge in [0.05, 0.1) is 15.8 Å². The summed E-state index contributed by atoms with van der Waals surface area (Å²) in [4.78, 5) is 16.6. The van der Waals surface area contributed by atoms with Crippen molar-refractivity contribution in [2.24, 2.45) is 0 Å². The second-order valence-electron chi connectivity index (χ2n) is 4.92. The molecule has 106 valence electrons. The van der Waals surface area contributed by atoms with Gasteiger partial charge in [0, 0.05) is 0 Å². The number of nitrogens with zero attached hydrogens (tertiary/aromatic N) is 1. The number of anilines is 1. The molecule has 0 saturated heterocycles. The maximum Gasteiger partial charge on any atom is 0.261 e. The van der Waals surface area contributed by atoms with E-state index in [2.05, 4.69) is 10.3 Å². The summed E-state index contributed by atoms with van der Waals surface area (Å²) >= 11 is 1.42. The van der Waals surface area contributed by atoms with Crippen LogP contribution in [0.4, 0.5) is 5.13 Å². The normalized spacial score (nSPS) is 10.8. The Bertz CT molecular complexity index is 839. The number of amides is 1. The SMILES string of the molecule is Cc1ccc2nc(NC(=O)c3cccc(C)c3O)sc2c1. The number of aryl methyl sites for hydroxylation is 2. The third kappa shape index (κ3) is 2.60. The van der Waals surface area contributed by atoms with Crippen LogP contribution in [0.15, 0.2) is 36.4 Å². The van der Waals surface area contributed by atoms with Gasteiger partial charge in [0.15, 0.2) is 5.13 Å². The third-order valence-corrected chi connectivity index (χ3v) is 4.18. The summed E-state index contributed by atoms with van der Waals surface area (Å²) in [6.45, 7) is 3.77. The van der Waals surface area contributed by atoms with Gasteiger partial charge < -0.3 is 5.11 Å². The van der Waals surface area contributed by atoms with E-state index in [0.717, 1.165) is 15.8 Å². The van der Waals surface area contributed by atoms with E-state index in [1.807, 2.05) is 25.1 Å². The van der Waals surface area contributed by atoms with Crippen molar-refractivity contribution < 1.29 is 9.90 Å². The van der Waals surface area contributed by atoms with Crippen LogP contribution in [0.1, 0.15) is 21.5 Å². The van der Waals surface area contributed by atoms with Crippen LogP contribution in [-0.2, 0) is 0 Å². The van der Waals surface area contributed by atoms with Crippen LogP contribution in [0.25, 0.3) is 10.2 Å². The van der Waals surface area contributed by atoms with E-state index in [0.29, 0.717) is 10.7 Å². The summed E-state index contributed by atoms with van der Waals surface area (Å²) in [6, 6.07) is 11.0. The highest BCUT2D eigenvalue weighted by molar-refractivity contribution is 7.22. The van der Waals surface area contributed by atoms with E-state index in [-0.39, 0.29) is 17.2 Å². The molecule has 5 heteroatoms.